The molecule has 2 bridgehead atoms. The van der Waals surface area contributed by atoms with Crippen LogP contribution in [0.3, 0.4) is 0 Å². The first-order chi connectivity index (χ1) is 20.6. The average Bonchev–Trinajstić information content (AvgIpc) is 3.83. The quantitative estimate of drug-likeness (QED) is 0.289. The molecule has 15 heteroatoms. The lowest BCUT2D eigenvalue weighted by Crippen LogP contribution is -2.46. The zero-order valence-electron chi connectivity index (χ0n) is 23.8. The number of carbonyl (C=O) groups excluding carboxylic acids is 1. The van der Waals surface area contributed by atoms with E-state index in [1.165, 1.54) is 6.07 Å². The topological polar surface area (TPSA) is 146 Å². The number of amides is 1. The van der Waals surface area contributed by atoms with Crippen LogP contribution in [0.2, 0.25) is 5.02 Å². The Bertz CT molecular complexity index is 1390. The van der Waals surface area contributed by atoms with Crippen molar-refractivity contribution in [2.45, 2.75) is 100 Å². The molecule has 1 amide bonds. The third-order valence-electron chi connectivity index (χ3n) is 7.93. The van der Waals surface area contributed by atoms with E-state index in [1.807, 2.05) is 0 Å². The van der Waals surface area contributed by atoms with Crippen molar-refractivity contribution in [1.29, 1.82) is 0 Å². The van der Waals surface area contributed by atoms with Crippen LogP contribution in [0.5, 0.6) is 5.88 Å². The molecule has 2 aromatic rings. The number of ether oxygens (including phenoxy) is 1. The van der Waals surface area contributed by atoms with Gasteiger partial charge in [-0.15, -0.1) is 0 Å². The van der Waals surface area contributed by atoms with E-state index >= 15 is 0 Å². The Morgan fingerprint density at radius 3 is 2.18 bits per heavy atom. The number of aromatic nitrogens is 1. The molecule has 1 aromatic carbocycles. The fraction of sp³-hybridized carbons (Fsp3) is 0.552. The van der Waals surface area contributed by atoms with Gasteiger partial charge in [0.25, 0.3) is 11.9 Å². The number of primary amides is 1. The number of carboxylic acids is 1. The van der Waals surface area contributed by atoms with Crippen molar-refractivity contribution in [2.75, 3.05) is 0 Å². The Labute approximate surface area is 259 Å². The number of nitrogens with zero attached hydrogens (tertiary/aromatic N) is 2. The van der Waals surface area contributed by atoms with Gasteiger partial charge in [0.05, 0.1) is 22.3 Å². The largest absolute Gasteiger partial charge is 0.772 e. The number of carbonyl (C=O) groups is 2. The Morgan fingerprint density at radius 1 is 1.14 bits per heavy atom. The number of alkyl halides is 3. The lowest BCUT2D eigenvalue weighted by Gasteiger charge is -2.39. The number of carboxylic acid groups (broad SMARTS) is 1. The van der Waals surface area contributed by atoms with Gasteiger partial charge in [-0.05, 0) is 80.5 Å². The zero-order chi connectivity index (χ0) is 32.3. The molecule has 0 spiro atoms. The van der Waals surface area contributed by atoms with Crippen LogP contribution in [-0.4, -0.2) is 59.1 Å². The second kappa shape index (κ2) is 14.1. The molecule has 2 saturated carbocycles. The molecule has 4 fully saturated rings. The summed E-state index contributed by atoms with van der Waals surface area (Å²) >= 11 is 3.90. The number of hydrogen-bond acceptors (Lipinski definition) is 7. The van der Waals surface area contributed by atoms with Gasteiger partial charge in [-0.2, -0.15) is 13.2 Å². The summed E-state index contributed by atoms with van der Waals surface area (Å²) in [5.41, 5.74) is 6.15. The van der Waals surface area contributed by atoms with E-state index in [9.17, 15) is 31.1 Å². The van der Waals surface area contributed by atoms with Crippen LogP contribution in [0, 0.1) is 5.82 Å². The van der Waals surface area contributed by atoms with Crippen LogP contribution in [0.15, 0.2) is 24.4 Å². The summed E-state index contributed by atoms with van der Waals surface area (Å²) in [5, 5.41) is 6.97. The Kier molecular flexibility index (Phi) is 10.9. The fourth-order valence-electron chi connectivity index (χ4n) is 5.64. The highest BCUT2D eigenvalue weighted by molar-refractivity contribution is 7.80. The van der Waals surface area contributed by atoms with Crippen molar-refractivity contribution in [3.05, 3.63) is 57.5 Å². The number of nitrogens with two attached hydrogens (primary N) is 1. The molecule has 242 valence electrons. The maximum atomic E-state index is 14.5. The van der Waals surface area contributed by atoms with E-state index in [4.69, 9.17) is 32.0 Å². The van der Waals surface area contributed by atoms with Gasteiger partial charge in [-0.1, -0.05) is 22.7 Å². The first-order valence-electron chi connectivity index (χ1n) is 14.2. The highest BCUT2D eigenvalue weighted by Gasteiger charge is 2.43. The monoisotopic (exact) mass is 662 g/mol. The molecule has 44 heavy (non-hydrogen) atoms. The number of hydrogen-bond donors (Lipinski definition) is 2. The average molecular weight is 663 g/mol. The van der Waals surface area contributed by atoms with E-state index in [-0.39, 0.29) is 34.9 Å². The first-order valence-corrected chi connectivity index (χ1v) is 15.7. The molecule has 4 atom stereocenters. The zero-order valence-corrected chi connectivity index (χ0v) is 25.4. The van der Waals surface area contributed by atoms with E-state index in [0.717, 1.165) is 68.8 Å². The van der Waals surface area contributed by atoms with Crippen molar-refractivity contribution in [3.8, 4) is 5.88 Å². The highest BCUT2D eigenvalue weighted by atomic mass is 35.5. The molecule has 2 unspecified atom stereocenters. The molecule has 1 aromatic heterocycles. The summed E-state index contributed by atoms with van der Waals surface area (Å²) in [6.07, 6.45) is 3.06. The minimum atomic E-state index is -4.58. The molecular formula is C29H33ClF4N3O6S-. The molecule has 0 radical (unpaired) electrons. The second-order valence-corrected chi connectivity index (χ2v) is 13.0. The summed E-state index contributed by atoms with van der Waals surface area (Å²) in [4.78, 5) is 26.9. The molecule has 2 aliphatic carbocycles. The van der Waals surface area contributed by atoms with Gasteiger partial charge in [0, 0.05) is 36.9 Å². The molecule has 3 N–H and O–H groups in total. The number of halogens is 5. The minimum Gasteiger partial charge on any atom is -0.772 e. The maximum absolute atomic E-state index is 14.5. The summed E-state index contributed by atoms with van der Waals surface area (Å²) in [6.45, 7) is 1.64. The van der Waals surface area contributed by atoms with Gasteiger partial charge in [0.1, 0.15) is 11.9 Å². The van der Waals surface area contributed by atoms with Crippen molar-refractivity contribution in [3.63, 3.8) is 0 Å². The fourth-order valence-corrected chi connectivity index (χ4v) is 6.37. The third kappa shape index (κ3) is 9.11. The maximum Gasteiger partial charge on any atom is 0.418 e. The highest BCUT2D eigenvalue weighted by Crippen LogP contribution is 2.45. The van der Waals surface area contributed by atoms with Crippen LogP contribution < -0.4 is 10.5 Å². The molecular weight excluding hydrogens is 630 g/mol. The van der Waals surface area contributed by atoms with Crippen molar-refractivity contribution in [2.24, 2.45) is 5.73 Å². The van der Waals surface area contributed by atoms with Gasteiger partial charge in [-0.3, -0.25) is 18.7 Å². The smallest absolute Gasteiger partial charge is 0.418 e. The first kappa shape index (κ1) is 34.1. The summed E-state index contributed by atoms with van der Waals surface area (Å²) in [6, 6.07) is 4.23. The number of fused-ring (bicyclic) bond motifs is 2. The molecule has 2 saturated heterocycles. The van der Waals surface area contributed by atoms with E-state index in [2.05, 4.69) is 9.88 Å². The van der Waals surface area contributed by atoms with Gasteiger partial charge in [0.15, 0.2) is 0 Å². The van der Waals surface area contributed by atoms with Crippen LogP contribution in [0.25, 0.3) is 0 Å². The van der Waals surface area contributed by atoms with E-state index in [0.29, 0.717) is 25.3 Å². The van der Waals surface area contributed by atoms with E-state index < -0.39 is 45.5 Å². The van der Waals surface area contributed by atoms with Gasteiger partial charge >= 0.3 is 6.18 Å². The van der Waals surface area contributed by atoms with Crippen LogP contribution in [-0.2, 0) is 28.6 Å². The van der Waals surface area contributed by atoms with Gasteiger partial charge in [-0.25, -0.2) is 9.37 Å². The van der Waals surface area contributed by atoms with Crippen molar-refractivity contribution in [1.82, 2.24) is 9.88 Å². The second-order valence-electron chi connectivity index (χ2n) is 11.4. The molecule has 9 nitrogen and oxygen atoms in total. The van der Waals surface area contributed by atoms with E-state index in [1.54, 1.807) is 6.07 Å². The molecule has 4 aliphatic rings. The molecule has 6 rings (SSSR count). The third-order valence-corrected chi connectivity index (χ3v) is 9.24. The van der Waals surface area contributed by atoms with Crippen LogP contribution >= 0.6 is 11.6 Å². The predicted molar refractivity (Wildman–Crippen MR) is 152 cm³/mol. The predicted octanol–water partition coefficient (Wildman–Crippen LogP) is 5.56. The minimum absolute atomic E-state index is 0.0185. The number of rotatable bonds is 7. The molecule has 2 aliphatic heterocycles. The SMILES string of the molecule is CC(=O)O.NC(=O)c1cc(C2CC2)c(CN2[C@@H]3CC[C@H]2CC(Oc2cc(C(F)(F)F)c(Cl)cn2)C3)cc1F.O=S([O-])C1CC1. The normalized spacial score (nSPS) is 23.5. The number of benzene rings is 1. The lowest BCUT2D eigenvalue weighted by molar-refractivity contribution is -0.138. The Hall–Kier alpha value is -2.81. The summed E-state index contributed by atoms with van der Waals surface area (Å²) in [7, 11) is 0. The number of aliphatic carboxylic acids is 1. The summed E-state index contributed by atoms with van der Waals surface area (Å²) < 4.78 is 79.4. The van der Waals surface area contributed by atoms with Crippen molar-refractivity contribution >= 4 is 34.6 Å². The molecule has 3 heterocycles. The van der Waals surface area contributed by atoms with Gasteiger partial charge in [0.2, 0.25) is 5.88 Å². The lowest BCUT2D eigenvalue weighted by atomic mass is 9.95. The van der Waals surface area contributed by atoms with Gasteiger partial charge < -0.3 is 20.1 Å². The summed E-state index contributed by atoms with van der Waals surface area (Å²) in [5.74, 6) is -1.97. The van der Waals surface area contributed by atoms with Crippen LogP contribution in [0.1, 0.15) is 91.3 Å². The standard InChI is InChI=1S/C24H24ClF4N3O2.C3H6O2S.C2H4O2/c25-20-10-31-22(9-19(20)24(27,28)29)34-16-6-14-3-4-15(7-16)32(14)11-13-5-21(26)18(23(30)33)8-17(13)12-1-2-12;4-6(5)3-1-2-3;1-2(3)4/h5,8-10,12,14-16H,1-4,6-7,11H2,(H2,30,33);3H,1-2H2,(H,4,5);1H3,(H,3,4)/p-1/t14-,15+,16?;;. The Balaban J connectivity index is 0.000000379. The van der Waals surface area contributed by atoms with Crippen LogP contribution in [0.4, 0.5) is 17.6 Å². The van der Waals surface area contributed by atoms with Crippen molar-refractivity contribution < 1.29 is 45.8 Å². The number of piperidine rings is 1. The number of pyridine rings is 1. The Morgan fingerprint density at radius 2 is 1.73 bits per heavy atom.